The zero-order valence-electron chi connectivity index (χ0n) is 13.2. The number of hydrogen-bond donors (Lipinski definition) is 2. The molecule has 2 heterocycles. The van der Waals surface area contributed by atoms with Crippen molar-refractivity contribution in [2.24, 2.45) is 0 Å². The molecule has 1 saturated heterocycles. The Bertz CT molecular complexity index is 440. The van der Waals surface area contributed by atoms with Crippen LogP contribution in [0, 0.1) is 0 Å². The molecule has 1 fully saturated rings. The lowest BCUT2D eigenvalue weighted by atomic mass is 10.1. The third-order valence-corrected chi connectivity index (χ3v) is 3.70. The Labute approximate surface area is 131 Å². The van der Waals surface area contributed by atoms with Crippen molar-refractivity contribution in [3.63, 3.8) is 0 Å². The Balaban J connectivity index is 0.000000745. The maximum absolute atomic E-state index is 12.1. The van der Waals surface area contributed by atoms with Gasteiger partial charge in [-0.3, -0.25) is 4.79 Å². The van der Waals surface area contributed by atoms with Crippen LogP contribution in [0.15, 0.2) is 12.5 Å². The van der Waals surface area contributed by atoms with Crippen molar-refractivity contribution in [2.75, 3.05) is 13.1 Å². The number of rotatable bonds is 3. The van der Waals surface area contributed by atoms with E-state index in [2.05, 4.69) is 17.2 Å². The number of aryl methyl sites for hydroxylation is 1. The van der Waals surface area contributed by atoms with E-state index in [0.29, 0.717) is 6.54 Å². The number of aromatic nitrogens is 2. The Morgan fingerprint density at radius 2 is 1.91 bits per heavy atom. The molecule has 1 aliphatic rings. The first-order valence-corrected chi connectivity index (χ1v) is 7.82. The monoisotopic (exact) mass is 310 g/mol. The van der Waals surface area contributed by atoms with Gasteiger partial charge in [0.25, 0.3) is 6.47 Å². The Morgan fingerprint density at radius 1 is 1.32 bits per heavy atom. The molecule has 0 atom stereocenters. The number of imidazole rings is 1. The molecule has 22 heavy (non-hydrogen) atoms. The summed E-state index contributed by atoms with van der Waals surface area (Å²) in [6.45, 7) is 5.04. The standard InChI is InChI=1S/C14H24N4O.CH2O2/c1-2-17-12-15-10-13(17)11-16-14(19)18-8-6-4-3-5-7-9-18;2-1-3/h10,12H,2-9,11H2,1H3,(H,16,19);1H,(H,2,3). The molecule has 2 amide bonds. The van der Waals surface area contributed by atoms with Gasteiger partial charge in [-0.1, -0.05) is 19.3 Å². The van der Waals surface area contributed by atoms with Crippen molar-refractivity contribution in [2.45, 2.75) is 52.1 Å². The number of carbonyl (C=O) groups is 2. The van der Waals surface area contributed by atoms with Gasteiger partial charge in [-0.25, -0.2) is 9.78 Å². The van der Waals surface area contributed by atoms with Crippen LogP contribution in [-0.4, -0.2) is 45.2 Å². The van der Waals surface area contributed by atoms with Gasteiger partial charge >= 0.3 is 6.03 Å². The van der Waals surface area contributed by atoms with Crippen molar-refractivity contribution in [1.82, 2.24) is 19.8 Å². The molecule has 1 aliphatic heterocycles. The van der Waals surface area contributed by atoms with E-state index in [9.17, 15) is 4.79 Å². The Morgan fingerprint density at radius 3 is 2.50 bits per heavy atom. The zero-order chi connectivity index (χ0) is 16.2. The van der Waals surface area contributed by atoms with Crippen molar-refractivity contribution in [3.05, 3.63) is 18.2 Å². The molecular formula is C15H26N4O3. The molecule has 124 valence electrons. The smallest absolute Gasteiger partial charge is 0.317 e. The van der Waals surface area contributed by atoms with Gasteiger partial charge in [0.15, 0.2) is 0 Å². The van der Waals surface area contributed by atoms with E-state index in [0.717, 1.165) is 38.2 Å². The topological polar surface area (TPSA) is 87.5 Å². The number of urea groups is 1. The first kappa shape index (κ1) is 18.0. The fraction of sp³-hybridized carbons (Fsp3) is 0.667. The summed E-state index contributed by atoms with van der Waals surface area (Å²) in [5.41, 5.74) is 1.06. The fourth-order valence-corrected chi connectivity index (χ4v) is 2.51. The quantitative estimate of drug-likeness (QED) is 0.837. The van der Waals surface area contributed by atoms with Crippen LogP contribution in [0.1, 0.15) is 44.7 Å². The molecule has 0 saturated carbocycles. The van der Waals surface area contributed by atoms with E-state index in [1.54, 1.807) is 6.33 Å². The SMILES string of the molecule is CCn1cncc1CNC(=O)N1CCCCCCC1.O=CO. The van der Waals surface area contributed by atoms with Crippen molar-refractivity contribution >= 4 is 12.5 Å². The third-order valence-electron chi connectivity index (χ3n) is 3.70. The highest BCUT2D eigenvalue weighted by molar-refractivity contribution is 5.74. The molecule has 0 bridgehead atoms. The summed E-state index contributed by atoms with van der Waals surface area (Å²) < 4.78 is 2.05. The second-order valence-corrected chi connectivity index (χ2v) is 5.19. The summed E-state index contributed by atoms with van der Waals surface area (Å²) in [5, 5.41) is 9.89. The van der Waals surface area contributed by atoms with Crippen LogP contribution in [0.25, 0.3) is 0 Å². The average molecular weight is 310 g/mol. The van der Waals surface area contributed by atoms with E-state index in [1.165, 1.54) is 19.3 Å². The van der Waals surface area contributed by atoms with Gasteiger partial charge in [0.1, 0.15) is 0 Å². The predicted molar refractivity (Wildman–Crippen MR) is 83.5 cm³/mol. The highest BCUT2D eigenvalue weighted by Gasteiger charge is 2.14. The molecule has 0 unspecified atom stereocenters. The van der Waals surface area contributed by atoms with Gasteiger partial charge in [0.2, 0.25) is 0 Å². The minimum atomic E-state index is -0.250. The molecule has 7 heteroatoms. The van der Waals surface area contributed by atoms with E-state index in [4.69, 9.17) is 9.90 Å². The van der Waals surface area contributed by atoms with Crippen LogP contribution >= 0.6 is 0 Å². The highest BCUT2D eigenvalue weighted by atomic mass is 16.3. The van der Waals surface area contributed by atoms with E-state index in [-0.39, 0.29) is 12.5 Å². The van der Waals surface area contributed by atoms with Gasteiger partial charge < -0.3 is 19.9 Å². The second kappa shape index (κ2) is 10.6. The molecule has 0 aliphatic carbocycles. The van der Waals surface area contributed by atoms with Gasteiger partial charge in [-0.2, -0.15) is 0 Å². The largest absolute Gasteiger partial charge is 0.483 e. The van der Waals surface area contributed by atoms with Crippen LogP contribution in [0.2, 0.25) is 0 Å². The summed E-state index contributed by atoms with van der Waals surface area (Å²) >= 11 is 0. The molecule has 2 rings (SSSR count). The van der Waals surface area contributed by atoms with Gasteiger partial charge in [-0.05, 0) is 19.8 Å². The lowest BCUT2D eigenvalue weighted by Crippen LogP contribution is -2.41. The average Bonchev–Trinajstić information content (AvgIpc) is 2.92. The summed E-state index contributed by atoms with van der Waals surface area (Å²) in [6.07, 6.45) is 9.67. The van der Waals surface area contributed by atoms with E-state index >= 15 is 0 Å². The first-order valence-electron chi connectivity index (χ1n) is 7.82. The van der Waals surface area contributed by atoms with Gasteiger partial charge in [0.05, 0.1) is 18.6 Å². The molecule has 2 N–H and O–H groups in total. The van der Waals surface area contributed by atoms with Gasteiger partial charge in [-0.15, -0.1) is 0 Å². The van der Waals surface area contributed by atoms with Crippen LogP contribution in [0.5, 0.6) is 0 Å². The molecule has 0 radical (unpaired) electrons. The number of nitrogens with zero attached hydrogens (tertiary/aromatic N) is 3. The third kappa shape index (κ3) is 6.15. The zero-order valence-corrected chi connectivity index (χ0v) is 13.2. The molecule has 0 spiro atoms. The lowest BCUT2D eigenvalue weighted by Gasteiger charge is -2.25. The molecule has 1 aromatic heterocycles. The molecule has 0 aromatic carbocycles. The summed E-state index contributed by atoms with van der Waals surface area (Å²) in [6, 6.07) is 0.0609. The van der Waals surface area contributed by atoms with Gasteiger partial charge in [0, 0.05) is 25.8 Å². The maximum atomic E-state index is 12.1. The van der Waals surface area contributed by atoms with Crippen LogP contribution in [0.3, 0.4) is 0 Å². The summed E-state index contributed by atoms with van der Waals surface area (Å²) in [5.74, 6) is 0. The second-order valence-electron chi connectivity index (χ2n) is 5.19. The summed E-state index contributed by atoms with van der Waals surface area (Å²) in [7, 11) is 0. The number of carbonyl (C=O) groups excluding carboxylic acids is 1. The minimum Gasteiger partial charge on any atom is -0.483 e. The van der Waals surface area contributed by atoms with Crippen molar-refractivity contribution < 1.29 is 14.7 Å². The molecular weight excluding hydrogens is 284 g/mol. The number of hydrogen-bond acceptors (Lipinski definition) is 3. The predicted octanol–water partition coefficient (Wildman–Crippen LogP) is 2.08. The summed E-state index contributed by atoms with van der Waals surface area (Å²) in [4.78, 5) is 26.6. The number of nitrogens with one attached hydrogen (secondary N) is 1. The van der Waals surface area contributed by atoms with E-state index < -0.39 is 0 Å². The van der Waals surface area contributed by atoms with Crippen molar-refractivity contribution in [3.8, 4) is 0 Å². The van der Waals surface area contributed by atoms with Crippen molar-refractivity contribution in [1.29, 1.82) is 0 Å². The highest BCUT2D eigenvalue weighted by Crippen LogP contribution is 2.10. The van der Waals surface area contributed by atoms with Crippen LogP contribution in [0.4, 0.5) is 4.79 Å². The van der Waals surface area contributed by atoms with Crippen LogP contribution < -0.4 is 5.32 Å². The fourth-order valence-electron chi connectivity index (χ4n) is 2.51. The normalized spacial score (nSPS) is 15.0. The first-order chi connectivity index (χ1) is 10.7. The Kier molecular flexibility index (Phi) is 8.71. The minimum absolute atomic E-state index is 0.0609. The molecule has 7 nitrogen and oxygen atoms in total. The maximum Gasteiger partial charge on any atom is 0.317 e. The number of carboxylic acid groups (broad SMARTS) is 1. The Hall–Kier alpha value is -2.05. The number of amides is 2. The lowest BCUT2D eigenvalue weighted by molar-refractivity contribution is -0.122. The van der Waals surface area contributed by atoms with Crippen LogP contribution in [-0.2, 0) is 17.9 Å². The molecule has 1 aromatic rings. The van der Waals surface area contributed by atoms with E-state index in [1.807, 2.05) is 15.7 Å². The number of likely N-dealkylation sites (tertiary alicyclic amines) is 1.